The monoisotopic (exact) mass is 247 g/mol. The lowest BCUT2D eigenvalue weighted by atomic mass is 10.1. The van der Waals surface area contributed by atoms with Gasteiger partial charge in [-0.05, 0) is 24.3 Å². The lowest BCUT2D eigenvalue weighted by Crippen LogP contribution is -2.50. The molecule has 0 bridgehead atoms. The van der Waals surface area contributed by atoms with Crippen LogP contribution in [0.15, 0.2) is 24.3 Å². The van der Waals surface area contributed by atoms with Crippen LogP contribution in [0.1, 0.15) is 10.4 Å². The molecule has 1 aliphatic heterocycles. The number of nitrogens with zero attached hydrogens (tertiary/aromatic N) is 2. The fourth-order valence-electron chi connectivity index (χ4n) is 1.89. The number of rotatable bonds is 2. The van der Waals surface area contributed by atoms with E-state index in [4.69, 9.17) is 0 Å². The average Bonchev–Trinajstić information content (AvgIpc) is 2.41. The van der Waals surface area contributed by atoms with E-state index in [2.05, 4.69) is 5.32 Å². The largest absolute Gasteiger partial charge is 0.388 e. The van der Waals surface area contributed by atoms with Crippen molar-refractivity contribution in [3.63, 3.8) is 0 Å². The minimum absolute atomic E-state index is 0.0126. The van der Waals surface area contributed by atoms with Gasteiger partial charge in [-0.2, -0.15) is 0 Å². The number of anilines is 1. The topological polar surface area (TPSA) is 52.7 Å². The van der Waals surface area contributed by atoms with Crippen LogP contribution in [0.25, 0.3) is 0 Å². The van der Waals surface area contributed by atoms with E-state index >= 15 is 0 Å². The maximum atomic E-state index is 12.2. The molecule has 0 unspecified atom stereocenters. The second kappa shape index (κ2) is 5.08. The summed E-state index contributed by atoms with van der Waals surface area (Å²) in [7, 11) is 3.59. The molecule has 5 nitrogen and oxygen atoms in total. The van der Waals surface area contributed by atoms with Crippen molar-refractivity contribution in [3.05, 3.63) is 29.8 Å². The predicted molar refractivity (Wildman–Crippen MR) is 69.5 cm³/mol. The van der Waals surface area contributed by atoms with E-state index in [0.29, 0.717) is 18.7 Å². The number of hydrogen-bond acceptors (Lipinski definition) is 3. The standard InChI is InChI=1S/C13H17N3O2/c1-14-11-5-3-10(4-6-11)13(18)16-8-7-15(2)12(17)9-16/h3-6,14H,7-9H2,1-2H3. The van der Waals surface area contributed by atoms with E-state index in [-0.39, 0.29) is 18.4 Å². The summed E-state index contributed by atoms with van der Waals surface area (Å²) in [6, 6.07) is 7.25. The summed E-state index contributed by atoms with van der Waals surface area (Å²) in [4.78, 5) is 27.0. The fraction of sp³-hybridized carbons (Fsp3) is 0.385. The Morgan fingerprint density at radius 2 is 1.89 bits per heavy atom. The molecule has 1 N–H and O–H groups in total. The summed E-state index contributed by atoms with van der Waals surface area (Å²) in [5.41, 5.74) is 1.58. The Morgan fingerprint density at radius 3 is 2.44 bits per heavy atom. The van der Waals surface area contributed by atoms with Gasteiger partial charge in [0.25, 0.3) is 5.91 Å². The number of likely N-dealkylation sites (N-methyl/N-ethyl adjacent to an activating group) is 1. The van der Waals surface area contributed by atoms with Crippen LogP contribution in [-0.2, 0) is 4.79 Å². The maximum Gasteiger partial charge on any atom is 0.254 e. The van der Waals surface area contributed by atoms with Crippen molar-refractivity contribution in [2.75, 3.05) is 39.0 Å². The number of carbonyl (C=O) groups excluding carboxylic acids is 2. The summed E-state index contributed by atoms with van der Waals surface area (Å²) in [6.45, 7) is 1.36. The molecule has 1 aromatic rings. The molecule has 0 spiro atoms. The van der Waals surface area contributed by atoms with Crippen LogP contribution in [0.3, 0.4) is 0 Å². The highest BCUT2D eigenvalue weighted by Gasteiger charge is 2.25. The number of amides is 2. The molecule has 0 saturated carbocycles. The van der Waals surface area contributed by atoms with E-state index in [1.165, 1.54) is 0 Å². The third-order valence-electron chi connectivity index (χ3n) is 3.16. The maximum absolute atomic E-state index is 12.2. The first-order valence-electron chi connectivity index (χ1n) is 5.93. The number of piperazine rings is 1. The van der Waals surface area contributed by atoms with Gasteiger partial charge in [-0.1, -0.05) is 0 Å². The Bertz CT molecular complexity index is 456. The predicted octanol–water partition coefficient (Wildman–Crippen LogP) is 0.642. The molecule has 18 heavy (non-hydrogen) atoms. The van der Waals surface area contributed by atoms with Crippen LogP contribution in [0, 0.1) is 0 Å². The average molecular weight is 247 g/mol. The summed E-state index contributed by atoms with van der Waals surface area (Å²) in [6.07, 6.45) is 0. The third kappa shape index (κ3) is 2.45. The molecule has 2 rings (SSSR count). The Hall–Kier alpha value is -2.04. The first kappa shape index (κ1) is 12.4. The zero-order valence-electron chi connectivity index (χ0n) is 10.6. The summed E-state index contributed by atoms with van der Waals surface area (Å²) in [5.74, 6) is -0.0967. The zero-order valence-corrected chi connectivity index (χ0v) is 10.6. The molecule has 5 heteroatoms. The van der Waals surface area contributed by atoms with Gasteiger partial charge in [-0.25, -0.2) is 0 Å². The highest BCUT2D eigenvalue weighted by molar-refractivity contribution is 5.97. The molecule has 0 atom stereocenters. The van der Waals surface area contributed by atoms with Gasteiger partial charge in [0.1, 0.15) is 6.54 Å². The van der Waals surface area contributed by atoms with E-state index in [1.54, 1.807) is 29.0 Å². The number of carbonyl (C=O) groups is 2. The lowest BCUT2D eigenvalue weighted by Gasteiger charge is -2.32. The van der Waals surface area contributed by atoms with Crippen LogP contribution in [0.5, 0.6) is 0 Å². The normalized spacial score (nSPS) is 15.8. The van der Waals surface area contributed by atoms with Crippen LogP contribution >= 0.6 is 0 Å². The van der Waals surface area contributed by atoms with Gasteiger partial charge in [0, 0.05) is 38.4 Å². The second-order valence-corrected chi connectivity index (χ2v) is 4.37. The Balaban J connectivity index is 2.08. The van der Waals surface area contributed by atoms with E-state index in [0.717, 1.165) is 5.69 Å². The van der Waals surface area contributed by atoms with Crippen LogP contribution in [-0.4, -0.2) is 55.3 Å². The lowest BCUT2D eigenvalue weighted by molar-refractivity contribution is -0.133. The Kier molecular flexibility index (Phi) is 3.50. The van der Waals surface area contributed by atoms with Gasteiger partial charge in [0.15, 0.2) is 0 Å². The molecule has 1 aromatic carbocycles. The summed E-state index contributed by atoms with van der Waals surface area (Å²) < 4.78 is 0. The SMILES string of the molecule is CNc1ccc(C(=O)N2CCN(C)C(=O)C2)cc1. The van der Waals surface area contributed by atoms with Crippen molar-refractivity contribution in [1.29, 1.82) is 0 Å². The molecule has 1 heterocycles. The number of hydrogen-bond donors (Lipinski definition) is 1. The second-order valence-electron chi connectivity index (χ2n) is 4.37. The first-order chi connectivity index (χ1) is 8.61. The molecule has 1 aliphatic rings. The van der Waals surface area contributed by atoms with Crippen molar-refractivity contribution < 1.29 is 9.59 Å². The van der Waals surface area contributed by atoms with Crippen molar-refractivity contribution in [3.8, 4) is 0 Å². The van der Waals surface area contributed by atoms with Gasteiger partial charge in [-0.3, -0.25) is 9.59 Å². The minimum atomic E-state index is -0.0842. The summed E-state index contributed by atoms with van der Waals surface area (Å²) >= 11 is 0. The van der Waals surface area contributed by atoms with E-state index in [9.17, 15) is 9.59 Å². The molecule has 0 aliphatic carbocycles. The van der Waals surface area contributed by atoms with E-state index in [1.807, 2.05) is 19.2 Å². The van der Waals surface area contributed by atoms with Crippen LogP contribution in [0.2, 0.25) is 0 Å². The molecule has 1 saturated heterocycles. The van der Waals surface area contributed by atoms with Crippen molar-refractivity contribution in [2.24, 2.45) is 0 Å². The van der Waals surface area contributed by atoms with Gasteiger partial charge in [0.05, 0.1) is 0 Å². The number of nitrogens with one attached hydrogen (secondary N) is 1. The fourth-order valence-corrected chi connectivity index (χ4v) is 1.89. The molecule has 0 aromatic heterocycles. The molecule has 0 radical (unpaired) electrons. The highest BCUT2D eigenvalue weighted by atomic mass is 16.2. The van der Waals surface area contributed by atoms with Crippen LogP contribution in [0.4, 0.5) is 5.69 Å². The van der Waals surface area contributed by atoms with Crippen molar-refractivity contribution in [1.82, 2.24) is 9.80 Å². The summed E-state index contributed by atoms with van der Waals surface area (Å²) in [5, 5.41) is 3.00. The van der Waals surface area contributed by atoms with Gasteiger partial charge in [-0.15, -0.1) is 0 Å². The molecule has 96 valence electrons. The van der Waals surface area contributed by atoms with Crippen LogP contribution < -0.4 is 5.32 Å². The molecule has 1 fully saturated rings. The minimum Gasteiger partial charge on any atom is -0.388 e. The number of benzene rings is 1. The molecule has 2 amide bonds. The highest BCUT2D eigenvalue weighted by Crippen LogP contribution is 2.12. The van der Waals surface area contributed by atoms with Gasteiger partial charge in [0.2, 0.25) is 5.91 Å². The smallest absolute Gasteiger partial charge is 0.254 e. The van der Waals surface area contributed by atoms with Crippen molar-refractivity contribution >= 4 is 17.5 Å². The quantitative estimate of drug-likeness (QED) is 0.834. The van der Waals surface area contributed by atoms with Crippen molar-refractivity contribution in [2.45, 2.75) is 0 Å². The zero-order chi connectivity index (χ0) is 13.1. The van der Waals surface area contributed by atoms with E-state index < -0.39 is 0 Å². The third-order valence-corrected chi connectivity index (χ3v) is 3.16. The first-order valence-corrected chi connectivity index (χ1v) is 5.93. The van der Waals surface area contributed by atoms with Gasteiger partial charge >= 0.3 is 0 Å². The Morgan fingerprint density at radius 1 is 1.22 bits per heavy atom. The molecular formula is C13H17N3O2. The van der Waals surface area contributed by atoms with Gasteiger partial charge < -0.3 is 15.1 Å². The molecular weight excluding hydrogens is 230 g/mol. The Labute approximate surface area is 106 Å².